The Kier molecular flexibility index (Phi) is 7.69. The van der Waals surface area contributed by atoms with Crippen molar-refractivity contribution < 1.29 is 20.1 Å². The number of likely N-dealkylation sites (tertiary alicyclic amines) is 1. The van der Waals surface area contributed by atoms with E-state index in [-0.39, 0.29) is 40.6 Å². The van der Waals surface area contributed by atoms with Crippen molar-refractivity contribution >= 4 is 17.1 Å². The van der Waals surface area contributed by atoms with Crippen LogP contribution in [0.2, 0.25) is 0 Å². The summed E-state index contributed by atoms with van der Waals surface area (Å²) in [5.74, 6) is 0.513. The number of carbonyl (C=O) groups is 1. The molecular weight excluding hydrogens is 651 g/mol. The number of benzene rings is 2. The van der Waals surface area contributed by atoms with Gasteiger partial charge in [0.05, 0.1) is 16.6 Å². The summed E-state index contributed by atoms with van der Waals surface area (Å²) in [6.07, 6.45) is 14.4. The number of aliphatic hydroxyl groups excluding tert-OH is 1. The van der Waals surface area contributed by atoms with Crippen LogP contribution >= 0.6 is 11.3 Å². The van der Waals surface area contributed by atoms with E-state index in [1.807, 2.05) is 66.7 Å². The molecule has 1 aromatic heterocycles. The summed E-state index contributed by atoms with van der Waals surface area (Å²) < 4.78 is 0. The van der Waals surface area contributed by atoms with Gasteiger partial charge in [-0.1, -0.05) is 92.7 Å². The van der Waals surface area contributed by atoms with Crippen molar-refractivity contribution in [2.24, 2.45) is 33.5 Å². The second-order valence-corrected chi connectivity index (χ2v) is 19.0. The van der Waals surface area contributed by atoms with Crippen LogP contribution in [0.4, 0.5) is 0 Å². The lowest BCUT2D eigenvalue weighted by atomic mass is 9.32. The first-order chi connectivity index (χ1) is 24.4. The molecule has 2 heterocycles. The molecule has 6 heteroatoms. The Morgan fingerprint density at radius 2 is 1.51 bits per heavy atom. The third kappa shape index (κ3) is 4.50. The molecule has 3 saturated carbocycles. The smallest absolute Gasteiger partial charge is 0.199 e. The van der Waals surface area contributed by atoms with Gasteiger partial charge in [-0.25, -0.2) is 0 Å². The average Bonchev–Trinajstić information content (AvgIpc) is 3.86. The van der Waals surface area contributed by atoms with Gasteiger partial charge < -0.3 is 15.3 Å². The number of allylic oxidation sites excluding steroid dienone is 4. The Bertz CT molecular complexity index is 1860. The van der Waals surface area contributed by atoms with Crippen LogP contribution in [0.1, 0.15) is 97.3 Å². The molecule has 2 aromatic carbocycles. The molecule has 2 bridgehead atoms. The minimum atomic E-state index is -1.22. The van der Waals surface area contributed by atoms with E-state index in [2.05, 4.69) is 50.0 Å². The Labute approximate surface area is 307 Å². The van der Waals surface area contributed by atoms with Gasteiger partial charge in [0.1, 0.15) is 5.60 Å². The number of rotatable bonds is 7. The Morgan fingerprint density at radius 1 is 0.863 bits per heavy atom. The summed E-state index contributed by atoms with van der Waals surface area (Å²) in [5, 5.41) is 37.2. The first-order valence-corrected chi connectivity index (χ1v) is 20.2. The van der Waals surface area contributed by atoms with Crippen molar-refractivity contribution in [2.45, 2.75) is 102 Å². The quantitative estimate of drug-likeness (QED) is 0.171. The fourth-order valence-electron chi connectivity index (χ4n) is 13.0. The predicted molar refractivity (Wildman–Crippen MR) is 202 cm³/mol. The van der Waals surface area contributed by atoms with Crippen molar-refractivity contribution in [3.63, 3.8) is 0 Å². The SMILES string of the molecule is Cc1ccc(C(=O)C2=CC34C=CC25C(CCC2(C)C5CCC2(O)CN2CCCC2C(O)(c2ccccc2)c2ccccc2)C3(C)CCC(O)C4)s1. The highest BCUT2D eigenvalue weighted by atomic mass is 32.1. The maximum Gasteiger partial charge on any atom is 0.199 e. The number of β-amino-alcohol motifs (C(OH)–C–C–N with tert-alkyl or cyclic N) is 1. The van der Waals surface area contributed by atoms with E-state index in [9.17, 15) is 20.1 Å². The topological polar surface area (TPSA) is 81.0 Å². The molecule has 9 atom stereocenters. The lowest BCUT2D eigenvalue weighted by molar-refractivity contribution is -0.178. The number of nitrogens with zero attached hydrogens (tertiary/aromatic N) is 1. The molecule has 2 spiro atoms. The second kappa shape index (κ2) is 11.6. The first-order valence-electron chi connectivity index (χ1n) is 19.4. The zero-order valence-corrected chi connectivity index (χ0v) is 31.2. The number of hydrogen-bond donors (Lipinski definition) is 3. The van der Waals surface area contributed by atoms with Crippen molar-refractivity contribution in [1.29, 1.82) is 0 Å². The molecule has 7 aliphatic rings. The van der Waals surface area contributed by atoms with Crippen LogP contribution in [0.3, 0.4) is 0 Å². The van der Waals surface area contributed by atoms with Gasteiger partial charge in [-0.15, -0.1) is 11.3 Å². The molecule has 6 aliphatic carbocycles. The Hall–Kier alpha value is -2.87. The highest BCUT2D eigenvalue weighted by molar-refractivity contribution is 7.14. The lowest BCUT2D eigenvalue weighted by Crippen LogP contribution is -2.67. The number of Topliss-reactive ketones (excluding diaryl/α,β-unsaturated/α-hetero) is 1. The van der Waals surface area contributed by atoms with E-state index < -0.39 is 22.0 Å². The van der Waals surface area contributed by atoms with Crippen LogP contribution in [0.15, 0.2) is 96.6 Å². The molecule has 0 radical (unpaired) electrons. The van der Waals surface area contributed by atoms with Gasteiger partial charge in [-0.3, -0.25) is 9.69 Å². The van der Waals surface area contributed by atoms with Crippen LogP contribution in [0, 0.1) is 40.4 Å². The maximum absolute atomic E-state index is 14.8. The van der Waals surface area contributed by atoms with E-state index in [0.717, 1.165) is 77.9 Å². The average molecular weight is 704 g/mol. The van der Waals surface area contributed by atoms with E-state index in [4.69, 9.17) is 0 Å². The van der Waals surface area contributed by atoms with Crippen molar-refractivity contribution in [3.8, 4) is 0 Å². The molecule has 4 fully saturated rings. The number of thiophene rings is 1. The van der Waals surface area contributed by atoms with Crippen molar-refractivity contribution in [3.05, 3.63) is 117 Å². The van der Waals surface area contributed by atoms with Gasteiger partial charge in [0.25, 0.3) is 0 Å². The van der Waals surface area contributed by atoms with Gasteiger partial charge in [0, 0.05) is 39.3 Å². The van der Waals surface area contributed by atoms with Crippen LogP contribution in [-0.4, -0.2) is 56.8 Å². The van der Waals surface area contributed by atoms with E-state index >= 15 is 0 Å². The number of aryl methyl sites for hydroxylation is 1. The molecule has 9 unspecified atom stereocenters. The third-order valence-corrected chi connectivity index (χ3v) is 16.7. The summed E-state index contributed by atoms with van der Waals surface area (Å²) in [6, 6.07) is 24.0. The van der Waals surface area contributed by atoms with E-state index in [1.54, 1.807) is 11.3 Å². The summed E-state index contributed by atoms with van der Waals surface area (Å²) >= 11 is 1.58. The molecule has 51 heavy (non-hydrogen) atoms. The van der Waals surface area contributed by atoms with Gasteiger partial charge in [0.15, 0.2) is 5.78 Å². The largest absolute Gasteiger partial charge is 0.393 e. The molecule has 0 amide bonds. The van der Waals surface area contributed by atoms with Crippen LogP contribution in [0.5, 0.6) is 0 Å². The number of hydrogen-bond acceptors (Lipinski definition) is 6. The van der Waals surface area contributed by atoms with Gasteiger partial charge in [-0.05, 0) is 112 Å². The molecule has 3 N–H and O–H groups in total. The monoisotopic (exact) mass is 703 g/mol. The minimum absolute atomic E-state index is 0.0555. The molecule has 1 aliphatic heterocycles. The highest BCUT2D eigenvalue weighted by Crippen LogP contribution is 2.78. The summed E-state index contributed by atoms with van der Waals surface area (Å²) in [7, 11) is 0. The first kappa shape index (κ1) is 33.9. The second-order valence-electron chi connectivity index (χ2n) is 17.7. The highest BCUT2D eigenvalue weighted by Gasteiger charge is 2.74. The maximum atomic E-state index is 14.8. The Balaban J connectivity index is 1.11. The van der Waals surface area contributed by atoms with Gasteiger partial charge in [-0.2, -0.15) is 0 Å². The van der Waals surface area contributed by atoms with Crippen LogP contribution in [0.25, 0.3) is 0 Å². The van der Waals surface area contributed by atoms with Crippen molar-refractivity contribution in [2.75, 3.05) is 13.1 Å². The normalized spacial score (nSPS) is 40.1. The molecule has 5 nitrogen and oxygen atoms in total. The molecule has 1 saturated heterocycles. The predicted octanol–water partition coefficient (Wildman–Crippen LogP) is 8.23. The summed E-state index contributed by atoms with van der Waals surface area (Å²) in [6.45, 7) is 8.17. The fourth-order valence-corrected chi connectivity index (χ4v) is 13.9. The zero-order valence-electron chi connectivity index (χ0n) is 30.4. The van der Waals surface area contributed by atoms with Crippen LogP contribution < -0.4 is 0 Å². The lowest BCUT2D eigenvalue weighted by Gasteiger charge is -2.71. The third-order valence-electron chi connectivity index (χ3n) is 15.7. The fraction of sp³-hybridized carbons (Fsp3) is 0.533. The number of aliphatic hydroxyl groups is 3. The molecule has 3 aromatic rings. The summed E-state index contributed by atoms with van der Waals surface area (Å²) in [4.78, 5) is 19.1. The zero-order chi connectivity index (χ0) is 35.4. The van der Waals surface area contributed by atoms with E-state index in [0.29, 0.717) is 19.4 Å². The molecule has 10 rings (SSSR count). The molecule has 268 valence electrons. The summed E-state index contributed by atoms with van der Waals surface area (Å²) in [5.41, 5.74) is -0.789. The van der Waals surface area contributed by atoms with Crippen LogP contribution in [-0.2, 0) is 5.60 Å². The number of ketones is 1. The Morgan fingerprint density at radius 3 is 2.18 bits per heavy atom. The minimum Gasteiger partial charge on any atom is -0.393 e. The number of carbonyl (C=O) groups excluding carboxylic acids is 1. The van der Waals surface area contributed by atoms with E-state index in [1.165, 1.54) is 0 Å². The number of fused-ring (bicyclic) bond motifs is 1. The standard InChI is InChI=1S/C45H53NO4S/c1-30-16-17-35(51-30)39(48)34-28-42-24-25-44(34)36(40(42,2)21-18-33(47)27-42)19-22-41(3)37(44)20-23-43(41,49)29-46-26-10-15-38(46)45(50,31-11-6-4-7-12-31)32-13-8-5-9-14-32/h4-9,11-14,16-17,24-25,28,33,36-38,47,49-50H,10,15,18-23,26-27,29H2,1-3H3. The van der Waals surface area contributed by atoms with Gasteiger partial charge in [0.2, 0.25) is 0 Å². The molecular formula is C45H53NO4S. The van der Waals surface area contributed by atoms with Gasteiger partial charge >= 0.3 is 0 Å². The van der Waals surface area contributed by atoms with Crippen molar-refractivity contribution in [1.82, 2.24) is 4.90 Å².